The van der Waals surface area contributed by atoms with Crippen molar-refractivity contribution in [1.29, 1.82) is 0 Å². The number of hydrogen-bond donors (Lipinski definition) is 2. The molecule has 1 unspecified atom stereocenters. The lowest BCUT2D eigenvalue weighted by atomic mass is 10.0. The lowest BCUT2D eigenvalue weighted by Crippen LogP contribution is -2.16. The number of halogens is 1. The average molecular weight is 383 g/mol. The van der Waals surface area contributed by atoms with Gasteiger partial charge in [-0.2, -0.15) is 5.10 Å². The Balaban J connectivity index is 1.81. The van der Waals surface area contributed by atoms with Crippen molar-refractivity contribution in [2.45, 2.75) is 12.5 Å². The van der Waals surface area contributed by atoms with E-state index in [9.17, 15) is 4.79 Å². The molecule has 1 aromatic heterocycles. The molecule has 3 N–H and O–H groups in total. The van der Waals surface area contributed by atoms with E-state index >= 15 is 0 Å². The number of benzene rings is 2. The first-order valence-electron chi connectivity index (χ1n) is 8.35. The highest BCUT2D eigenvalue weighted by Gasteiger charge is 2.14. The van der Waals surface area contributed by atoms with Crippen LogP contribution in [-0.2, 0) is 11.2 Å². The first kappa shape index (κ1) is 18.8. The van der Waals surface area contributed by atoms with E-state index in [0.29, 0.717) is 23.0 Å². The highest BCUT2D eigenvalue weighted by Crippen LogP contribution is 2.29. The quantitative estimate of drug-likeness (QED) is 0.689. The number of anilines is 1. The molecule has 2 aromatic carbocycles. The molecule has 0 saturated heterocycles. The third-order valence-corrected chi connectivity index (χ3v) is 4.35. The largest absolute Gasteiger partial charge is 0.453 e. The van der Waals surface area contributed by atoms with Gasteiger partial charge in [0, 0.05) is 11.3 Å². The van der Waals surface area contributed by atoms with Crippen LogP contribution in [0.4, 0.5) is 10.5 Å². The normalized spacial score (nSPS) is 11.7. The van der Waals surface area contributed by atoms with Crippen LogP contribution in [0.3, 0.4) is 0 Å². The fourth-order valence-electron chi connectivity index (χ4n) is 2.65. The minimum atomic E-state index is -0.527. The Hall–Kier alpha value is -2.96. The summed E-state index contributed by atoms with van der Waals surface area (Å²) in [7, 11) is 1.31. The van der Waals surface area contributed by atoms with Crippen LogP contribution < -0.4 is 11.1 Å². The number of amides is 1. The summed E-state index contributed by atoms with van der Waals surface area (Å²) in [5.74, 6) is 0. The first-order valence-corrected chi connectivity index (χ1v) is 8.72. The van der Waals surface area contributed by atoms with Crippen LogP contribution in [0.15, 0.2) is 60.7 Å². The second kappa shape index (κ2) is 8.62. The van der Waals surface area contributed by atoms with Crippen LogP contribution in [0.1, 0.15) is 17.3 Å². The molecular formula is C20H19ClN4O2. The van der Waals surface area contributed by atoms with Gasteiger partial charge in [-0.1, -0.05) is 54.1 Å². The number of carbonyl (C=O) groups is 1. The van der Waals surface area contributed by atoms with Gasteiger partial charge in [0.25, 0.3) is 0 Å². The number of methoxy groups -OCH3 is 1. The summed E-state index contributed by atoms with van der Waals surface area (Å²) >= 11 is 6.24. The lowest BCUT2D eigenvalue weighted by Gasteiger charge is -2.13. The highest BCUT2D eigenvalue weighted by molar-refractivity contribution is 6.32. The van der Waals surface area contributed by atoms with E-state index in [0.717, 1.165) is 16.7 Å². The SMILES string of the molecule is COC(=O)Nc1ccc(-c2cc(C(N)Cc3ccccc3)nnc2Cl)cc1. The highest BCUT2D eigenvalue weighted by atomic mass is 35.5. The molecule has 3 rings (SSSR count). The first-order chi connectivity index (χ1) is 13.1. The summed E-state index contributed by atoms with van der Waals surface area (Å²) in [6.45, 7) is 0. The van der Waals surface area contributed by atoms with Crippen LogP contribution >= 0.6 is 11.6 Å². The maximum absolute atomic E-state index is 11.3. The maximum Gasteiger partial charge on any atom is 0.411 e. The molecule has 6 nitrogen and oxygen atoms in total. The standard InChI is InChI=1S/C20H19ClN4O2/c1-27-20(26)23-15-9-7-14(8-10-15)16-12-18(24-25-19(16)21)17(22)11-13-5-3-2-4-6-13/h2-10,12,17H,11,22H2,1H3,(H,23,26). The van der Waals surface area contributed by atoms with Crippen molar-refractivity contribution in [2.75, 3.05) is 12.4 Å². The van der Waals surface area contributed by atoms with Crippen molar-refractivity contribution in [1.82, 2.24) is 10.2 Å². The van der Waals surface area contributed by atoms with Gasteiger partial charge in [-0.25, -0.2) is 4.79 Å². The third-order valence-electron chi connectivity index (χ3n) is 4.07. The number of hydrogen-bond acceptors (Lipinski definition) is 5. The van der Waals surface area contributed by atoms with Crippen molar-refractivity contribution in [2.24, 2.45) is 5.73 Å². The van der Waals surface area contributed by atoms with Gasteiger partial charge in [0.1, 0.15) is 0 Å². The number of nitrogens with zero attached hydrogens (tertiary/aromatic N) is 2. The van der Waals surface area contributed by atoms with E-state index in [2.05, 4.69) is 20.3 Å². The van der Waals surface area contributed by atoms with Crippen LogP contribution in [0.2, 0.25) is 5.15 Å². The van der Waals surface area contributed by atoms with Crippen LogP contribution in [-0.4, -0.2) is 23.4 Å². The molecule has 1 atom stereocenters. The fourth-order valence-corrected chi connectivity index (χ4v) is 2.85. The Morgan fingerprint density at radius 1 is 1.15 bits per heavy atom. The van der Waals surface area contributed by atoms with Crippen molar-refractivity contribution in [3.63, 3.8) is 0 Å². The number of ether oxygens (including phenoxy) is 1. The molecule has 7 heteroatoms. The Morgan fingerprint density at radius 3 is 2.52 bits per heavy atom. The van der Waals surface area contributed by atoms with E-state index in [1.165, 1.54) is 7.11 Å². The molecule has 0 spiro atoms. The van der Waals surface area contributed by atoms with Crippen LogP contribution in [0.25, 0.3) is 11.1 Å². The molecule has 0 bridgehead atoms. The Kier molecular flexibility index (Phi) is 6.01. The van der Waals surface area contributed by atoms with E-state index in [1.807, 2.05) is 48.5 Å². The van der Waals surface area contributed by atoms with Gasteiger partial charge in [-0.3, -0.25) is 5.32 Å². The second-order valence-electron chi connectivity index (χ2n) is 5.96. The molecule has 1 amide bonds. The molecule has 0 aliphatic rings. The van der Waals surface area contributed by atoms with Gasteiger partial charge >= 0.3 is 6.09 Å². The van der Waals surface area contributed by atoms with Crippen molar-refractivity contribution < 1.29 is 9.53 Å². The second-order valence-corrected chi connectivity index (χ2v) is 6.32. The molecule has 3 aromatic rings. The zero-order valence-electron chi connectivity index (χ0n) is 14.7. The number of carbonyl (C=O) groups excluding carboxylic acids is 1. The fraction of sp³-hybridized carbons (Fsp3) is 0.150. The molecule has 27 heavy (non-hydrogen) atoms. The Labute approximate surface area is 162 Å². The van der Waals surface area contributed by atoms with Gasteiger partial charge in [-0.15, -0.1) is 5.10 Å². The van der Waals surface area contributed by atoms with Gasteiger partial charge in [0.15, 0.2) is 5.15 Å². The molecule has 0 saturated carbocycles. The van der Waals surface area contributed by atoms with E-state index in [1.54, 1.807) is 12.1 Å². The summed E-state index contributed by atoms with van der Waals surface area (Å²) in [6.07, 6.45) is 0.124. The molecule has 0 aliphatic carbocycles. The van der Waals surface area contributed by atoms with Gasteiger partial charge in [0.2, 0.25) is 0 Å². The summed E-state index contributed by atoms with van der Waals surface area (Å²) in [4.78, 5) is 11.3. The Bertz CT molecular complexity index is 917. The van der Waals surface area contributed by atoms with E-state index < -0.39 is 6.09 Å². The van der Waals surface area contributed by atoms with Crippen molar-refractivity contribution in [3.8, 4) is 11.1 Å². The lowest BCUT2D eigenvalue weighted by molar-refractivity contribution is 0.187. The molecule has 0 radical (unpaired) electrons. The smallest absolute Gasteiger partial charge is 0.411 e. The summed E-state index contributed by atoms with van der Waals surface area (Å²) in [5.41, 5.74) is 10.3. The minimum absolute atomic E-state index is 0.291. The summed E-state index contributed by atoms with van der Waals surface area (Å²) in [5, 5.41) is 11.1. The van der Waals surface area contributed by atoms with E-state index in [4.69, 9.17) is 17.3 Å². The number of nitrogens with two attached hydrogens (primary N) is 1. The number of nitrogens with one attached hydrogen (secondary N) is 1. The number of rotatable bonds is 5. The van der Waals surface area contributed by atoms with Crippen LogP contribution in [0, 0.1) is 0 Å². The molecule has 138 valence electrons. The average Bonchev–Trinajstić information content (AvgIpc) is 2.69. The molecular weight excluding hydrogens is 364 g/mol. The molecule has 0 aliphatic heterocycles. The summed E-state index contributed by atoms with van der Waals surface area (Å²) in [6, 6.07) is 18.7. The molecule has 0 fully saturated rings. The zero-order chi connectivity index (χ0) is 19.2. The zero-order valence-corrected chi connectivity index (χ0v) is 15.5. The van der Waals surface area contributed by atoms with Crippen LogP contribution in [0.5, 0.6) is 0 Å². The predicted molar refractivity (Wildman–Crippen MR) is 106 cm³/mol. The third kappa shape index (κ3) is 4.81. The molecule has 1 heterocycles. The topological polar surface area (TPSA) is 90.1 Å². The maximum atomic E-state index is 11.3. The summed E-state index contributed by atoms with van der Waals surface area (Å²) < 4.78 is 4.58. The monoisotopic (exact) mass is 382 g/mol. The van der Waals surface area contributed by atoms with Crippen molar-refractivity contribution >= 4 is 23.4 Å². The minimum Gasteiger partial charge on any atom is -0.453 e. The van der Waals surface area contributed by atoms with Gasteiger partial charge < -0.3 is 10.5 Å². The predicted octanol–water partition coefficient (Wildman–Crippen LogP) is 4.22. The van der Waals surface area contributed by atoms with E-state index in [-0.39, 0.29) is 6.04 Å². The van der Waals surface area contributed by atoms with Crippen molar-refractivity contribution in [3.05, 3.63) is 77.1 Å². The Morgan fingerprint density at radius 2 is 1.85 bits per heavy atom. The van der Waals surface area contributed by atoms with Gasteiger partial charge in [-0.05, 0) is 35.7 Å². The number of aromatic nitrogens is 2. The van der Waals surface area contributed by atoms with Gasteiger partial charge in [0.05, 0.1) is 18.8 Å².